The van der Waals surface area contributed by atoms with Crippen molar-refractivity contribution in [2.45, 2.75) is 26.0 Å². The molecule has 0 spiro atoms. The fourth-order valence-corrected chi connectivity index (χ4v) is 3.28. The Balaban J connectivity index is 1.51. The number of hydrazone groups is 1. The first-order valence-corrected chi connectivity index (χ1v) is 11.2. The van der Waals surface area contributed by atoms with Crippen LogP contribution in [0.15, 0.2) is 84.0 Å². The van der Waals surface area contributed by atoms with E-state index in [0.29, 0.717) is 17.4 Å². The lowest BCUT2D eigenvalue weighted by Gasteiger charge is -2.18. The van der Waals surface area contributed by atoms with Crippen LogP contribution in [0.2, 0.25) is 5.02 Å². The molecule has 3 rings (SSSR count). The van der Waals surface area contributed by atoms with Gasteiger partial charge in [0, 0.05) is 10.6 Å². The Labute approximate surface area is 203 Å². The predicted molar refractivity (Wildman–Crippen MR) is 132 cm³/mol. The first kappa shape index (κ1) is 24.8. The van der Waals surface area contributed by atoms with Crippen LogP contribution in [0, 0.1) is 0 Å². The molecule has 3 aromatic rings. The van der Waals surface area contributed by atoms with Crippen LogP contribution < -0.4 is 15.5 Å². The number of benzene rings is 3. The van der Waals surface area contributed by atoms with Crippen molar-refractivity contribution in [2.75, 3.05) is 6.61 Å². The molecule has 0 unspecified atom stereocenters. The van der Waals surface area contributed by atoms with Crippen LogP contribution in [0.3, 0.4) is 0 Å². The minimum atomic E-state index is -0.579. The molecule has 0 radical (unpaired) electrons. The van der Waals surface area contributed by atoms with Crippen molar-refractivity contribution in [3.05, 3.63) is 101 Å². The Morgan fingerprint density at radius 1 is 1.00 bits per heavy atom. The van der Waals surface area contributed by atoms with Gasteiger partial charge in [-0.2, -0.15) is 5.10 Å². The number of halogens is 1. The third kappa shape index (κ3) is 7.94. The van der Waals surface area contributed by atoms with E-state index in [1.54, 1.807) is 6.92 Å². The maximum Gasteiger partial charge on any atom is 0.407 e. The Bertz CT molecular complexity index is 1100. The number of hydrogen-bond donors (Lipinski definition) is 2. The molecule has 0 saturated heterocycles. The molecule has 2 amide bonds. The lowest BCUT2D eigenvalue weighted by atomic mass is 10.0. The molecule has 34 heavy (non-hydrogen) atoms. The normalized spacial score (nSPS) is 11.6. The number of nitrogens with zero attached hydrogens (tertiary/aromatic N) is 1. The maximum absolute atomic E-state index is 12.4. The van der Waals surface area contributed by atoms with Crippen LogP contribution >= 0.6 is 11.6 Å². The molecule has 8 heteroatoms. The summed E-state index contributed by atoms with van der Waals surface area (Å²) in [6.07, 6.45) is 0.964. The molecule has 0 aliphatic carbocycles. The van der Waals surface area contributed by atoms with E-state index < -0.39 is 12.1 Å². The van der Waals surface area contributed by atoms with Gasteiger partial charge in [-0.1, -0.05) is 60.1 Å². The van der Waals surface area contributed by atoms with E-state index in [0.717, 1.165) is 16.7 Å². The predicted octanol–water partition coefficient (Wildman–Crippen LogP) is 5.25. The zero-order valence-corrected chi connectivity index (χ0v) is 19.5. The van der Waals surface area contributed by atoms with E-state index in [4.69, 9.17) is 21.1 Å². The average molecular weight is 480 g/mol. The van der Waals surface area contributed by atoms with E-state index in [1.165, 1.54) is 6.21 Å². The highest BCUT2D eigenvalue weighted by atomic mass is 35.5. The zero-order valence-electron chi connectivity index (χ0n) is 18.7. The highest BCUT2D eigenvalue weighted by molar-refractivity contribution is 6.31. The summed E-state index contributed by atoms with van der Waals surface area (Å²) in [5.41, 5.74) is 4.98. The van der Waals surface area contributed by atoms with Gasteiger partial charge in [0.05, 0.1) is 25.3 Å². The number of hydrogen-bond acceptors (Lipinski definition) is 5. The van der Waals surface area contributed by atoms with Crippen LogP contribution in [-0.2, 0) is 16.1 Å². The van der Waals surface area contributed by atoms with Crippen LogP contribution in [0.25, 0.3) is 0 Å². The Hall–Kier alpha value is -3.84. The number of rotatable bonds is 10. The van der Waals surface area contributed by atoms with Gasteiger partial charge in [0.1, 0.15) is 12.4 Å². The third-order valence-corrected chi connectivity index (χ3v) is 5.16. The number of ether oxygens (including phenoxy) is 2. The van der Waals surface area contributed by atoms with E-state index >= 15 is 0 Å². The van der Waals surface area contributed by atoms with E-state index in [-0.39, 0.29) is 18.9 Å². The van der Waals surface area contributed by atoms with Crippen molar-refractivity contribution >= 4 is 29.8 Å². The number of nitrogens with one attached hydrogen (secondary N) is 2. The smallest absolute Gasteiger partial charge is 0.407 e. The lowest BCUT2D eigenvalue weighted by Crippen LogP contribution is -2.33. The SMILES string of the molecule is CCOC(=O)N[C@H](CC(=O)N/N=C\c1ccc(OCc2ccccc2Cl)cc1)c1ccccc1. The molecule has 1 atom stereocenters. The minimum Gasteiger partial charge on any atom is -0.489 e. The minimum absolute atomic E-state index is 0.00892. The molecule has 7 nitrogen and oxygen atoms in total. The first-order valence-electron chi connectivity index (χ1n) is 10.8. The van der Waals surface area contributed by atoms with Crippen molar-refractivity contribution in [3.8, 4) is 5.75 Å². The Morgan fingerprint density at radius 3 is 2.41 bits per heavy atom. The molecule has 0 bridgehead atoms. The van der Waals surface area contributed by atoms with Gasteiger partial charge < -0.3 is 14.8 Å². The van der Waals surface area contributed by atoms with Crippen molar-refractivity contribution < 1.29 is 19.1 Å². The second-order valence-corrected chi connectivity index (χ2v) is 7.68. The van der Waals surface area contributed by atoms with Gasteiger partial charge >= 0.3 is 6.09 Å². The van der Waals surface area contributed by atoms with E-state index in [1.807, 2.05) is 78.9 Å². The molecule has 0 saturated carbocycles. The summed E-state index contributed by atoms with van der Waals surface area (Å²) in [5, 5.41) is 7.38. The quantitative estimate of drug-likeness (QED) is 0.307. The van der Waals surface area contributed by atoms with Crippen LogP contribution in [-0.4, -0.2) is 24.8 Å². The zero-order chi connectivity index (χ0) is 24.2. The van der Waals surface area contributed by atoms with Gasteiger partial charge in [0.2, 0.25) is 5.91 Å². The molecule has 0 aliphatic heterocycles. The standard InChI is InChI=1S/C26H26ClN3O4/c1-2-33-26(32)29-24(20-8-4-3-5-9-20)16-25(31)30-28-17-19-12-14-22(15-13-19)34-18-21-10-6-7-11-23(21)27/h3-15,17,24H,2,16,18H2,1H3,(H,29,32)(H,30,31)/b28-17-/t24-/m1/s1. The molecule has 0 heterocycles. The maximum atomic E-state index is 12.4. The number of amides is 2. The summed E-state index contributed by atoms with van der Waals surface area (Å²) in [6.45, 7) is 2.33. The fraction of sp³-hybridized carbons (Fsp3) is 0.192. The van der Waals surface area contributed by atoms with Gasteiger partial charge in [-0.25, -0.2) is 10.2 Å². The fourth-order valence-electron chi connectivity index (χ4n) is 3.09. The molecule has 3 aromatic carbocycles. The molecular formula is C26H26ClN3O4. The molecule has 176 valence electrons. The summed E-state index contributed by atoms with van der Waals surface area (Å²) in [7, 11) is 0. The molecule has 0 aliphatic rings. The third-order valence-electron chi connectivity index (χ3n) is 4.79. The van der Waals surface area contributed by atoms with E-state index in [2.05, 4.69) is 15.8 Å². The number of carbonyl (C=O) groups is 2. The first-order chi connectivity index (χ1) is 16.5. The number of alkyl carbamates (subject to hydrolysis) is 1. The largest absolute Gasteiger partial charge is 0.489 e. The van der Waals surface area contributed by atoms with Crippen molar-refractivity contribution in [2.24, 2.45) is 5.10 Å². The highest BCUT2D eigenvalue weighted by Gasteiger charge is 2.18. The highest BCUT2D eigenvalue weighted by Crippen LogP contribution is 2.19. The summed E-state index contributed by atoms with van der Waals surface area (Å²) in [6, 6.07) is 23.5. The molecule has 0 aromatic heterocycles. The molecular weight excluding hydrogens is 454 g/mol. The van der Waals surface area contributed by atoms with Crippen LogP contribution in [0.5, 0.6) is 5.75 Å². The topological polar surface area (TPSA) is 89.0 Å². The number of carbonyl (C=O) groups excluding carboxylic acids is 2. The summed E-state index contributed by atoms with van der Waals surface area (Å²) in [4.78, 5) is 24.3. The Morgan fingerprint density at radius 2 is 1.71 bits per heavy atom. The second-order valence-electron chi connectivity index (χ2n) is 7.27. The van der Waals surface area contributed by atoms with Gasteiger partial charge in [0.15, 0.2) is 0 Å². The van der Waals surface area contributed by atoms with Gasteiger partial charge in [-0.15, -0.1) is 0 Å². The van der Waals surface area contributed by atoms with Crippen LogP contribution in [0.1, 0.15) is 36.1 Å². The monoisotopic (exact) mass is 479 g/mol. The van der Waals surface area contributed by atoms with E-state index in [9.17, 15) is 9.59 Å². The van der Waals surface area contributed by atoms with Crippen molar-refractivity contribution in [1.82, 2.24) is 10.7 Å². The summed E-state index contributed by atoms with van der Waals surface area (Å²) in [5.74, 6) is 0.346. The van der Waals surface area contributed by atoms with Gasteiger partial charge in [-0.05, 0) is 48.4 Å². The Kier molecular flexibility index (Phi) is 9.49. The van der Waals surface area contributed by atoms with Gasteiger partial charge in [0.25, 0.3) is 0 Å². The summed E-state index contributed by atoms with van der Waals surface area (Å²) < 4.78 is 10.7. The van der Waals surface area contributed by atoms with Crippen LogP contribution in [0.4, 0.5) is 4.79 Å². The van der Waals surface area contributed by atoms with Crippen molar-refractivity contribution in [3.63, 3.8) is 0 Å². The lowest BCUT2D eigenvalue weighted by molar-refractivity contribution is -0.121. The van der Waals surface area contributed by atoms with Crippen molar-refractivity contribution in [1.29, 1.82) is 0 Å². The molecule has 0 fully saturated rings. The summed E-state index contributed by atoms with van der Waals surface area (Å²) >= 11 is 6.14. The molecule has 2 N–H and O–H groups in total. The second kappa shape index (κ2) is 13.0. The van der Waals surface area contributed by atoms with Gasteiger partial charge in [-0.3, -0.25) is 4.79 Å². The average Bonchev–Trinajstić information content (AvgIpc) is 2.85.